The second-order valence-corrected chi connectivity index (χ2v) is 20.7. The van der Waals surface area contributed by atoms with Crippen LogP contribution in [0.2, 0.25) is 0 Å². The van der Waals surface area contributed by atoms with Crippen molar-refractivity contribution in [1.29, 1.82) is 0 Å². The van der Waals surface area contributed by atoms with Crippen molar-refractivity contribution in [2.75, 3.05) is 13.2 Å². The quantitative estimate of drug-likeness (QED) is 0.0557. The molecule has 3 saturated carbocycles. The first-order valence-corrected chi connectivity index (χ1v) is 24.0. The number of unbranched alkanes of at least 4 members (excludes halogenated alkanes) is 2. The molecule has 2 aromatic rings. The van der Waals surface area contributed by atoms with Crippen molar-refractivity contribution >= 4 is 41.7 Å². The van der Waals surface area contributed by atoms with Gasteiger partial charge in [-0.05, 0) is 95.1 Å². The number of aliphatic hydroxyl groups excluding tert-OH is 3. The lowest BCUT2D eigenvalue weighted by molar-refractivity contribution is -0.237. The van der Waals surface area contributed by atoms with Crippen LogP contribution in [0.15, 0.2) is 71.8 Å². The van der Waals surface area contributed by atoms with Gasteiger partial charge in [-0.25, -0.2) is 14.4 Å². The molecule has 3 fully saturated rings. The summed E-state index contributed by atoms with van der Waals surface area (Å²) in [4.78, 5) is 96.3. The molecule has 70 heavy (non-hydrogen) atoms. The molecule has 0 spiro atoms. The van der Waals surface area contributed by atoms with E-state index in [0.29, 0.717) is 18.4 Å². The molecule has 382 valence electrons. The maximum absolute atomic E-state index is 15.2. The SMILES string of the molecule is CC(=O)O[C@@]12CC1C[C@H](O)[C@@]1(C)C(=O)[C@H](O)C3=C(C)[C@@H](OC(=O)[C@H](OC(=O)CCCCCNC(=O)CO)[C@@H](NC(=O)OC(C)(C)C)c4ccccc4)C[C@](O)(C3C(C)C)[C@@H](OC(=O)c3ccccc3)[C@@H]12. The Morgan fingerprint density at radius 1 is 0.900 bits per heavy atom. The Kier molecular flexibility index (Phi) is 16.4. The molecular weight excluding hydrogens is 909 g/mol. The molecule has 2 amide bonds. The van der Waals surface area contributed by atoms with Gasteiger partial charge in [-0.3, -0.25) is 19.2 Å². The van der Waals surface area contributed by atoms with E-state index in [1.165, 1.54) is 32.9 Å². The number of benzene rings is 2. The summed E-state index contributed by atoms with van der Waals surface area (Å²) in [5, 5.41) is 52.4. The third-order valence-corrected chi connectivity index (χ3v) is 14.3. The zero-order valence-electron chi connectivity index (χ0n) is 41.1. The topological polar surface area (TPSA) is 271 Å². The van der Waals surface area contributed by atoms with Gasteiger partial charge in [0.2, 0.25) is 12.0 Å². The zero-order valence-corrected chi connectivity index (χ0v) is 41.1. The molecular formula is C52H68N2O16. The largest absolute Gasteiger partial charge is 0.458 e. The van der Waals surface area contributed by atoms with Gasteiger partial charge in [0.25, 0.3) is 0 Å². The summed E-state index contributed by atoms with van der Waals surface area (Å²) in [5.74, 6) is -8.82. The van der Waals surface area contributed by atoms with Gasteiger partial charge in [-0.1, -0.05) is 68.8 Å². The van der Waals surface area contributed by atoms with E-state index in [2.05, 4.69) is 10.6 Å². The monoisotopic (exact) mass is 976 g/mol. The molecule has 2 aromatic carbocycles. The smallest absolute Gasteiger partial charge is 0.408 e. The first kappa shape index (κ1) is 53.7. The number of ketones is 1. The number of ether oxygens (including phenoxy) is 5. The van der Waals surface area contributed by atoms with Gasteiger partial charge in [0.15, 0.2) is 5.78 Å². The van der Waals surface area contributed by atoms with Crippen molar-refractivity contribution < 1.29 is 77.7 Å². The van der Waals surface area contributed by atoms with Gasteiger partial charge < -0.3 is 54.7 Å². The van der Waals surface area contributed by atoms with Gasteiger partial charge in [0, 0.05) is 38.1 Å². The molecule has 18 heteroatoms. The van der Waals surface area contributed by atoms with E-state index in [0.717, 1.165) is 0 Å². The highest BCUT2D eigenvalue weighted by atomic mass is 16.6. The van der Waals surface area contributed by atoms with Gasteiger partial charge >= 0.3 is 30.0 Å². The molecule has 4 aliphatic rings. The highest BCUT2D eigenvalue weighted by Gasteiger charge is 2.79. The van der Waals surface area contributed by atoms with Crippen molar-refractivity contribution in [2.24, 2.45) is 29.1 Å². The van der Waals surface area contributed by atoms with Crippen LogP contribution in [-0.4, -0.2) is 123 Å². The number of nitrogens with one attached hydrogen (secondary N) is 2. The van der Waals surface area contributed by atoms with E-state index >= 15 is 9.59 Å². The molecule has 6 rings (SSSR count). The number of alkyl carbamates (subject to hydrolysis) is 1. The summed E-state index contributed by atoms with van der Waals surface area (Å²) in [6, 6.07) is 14.6. The highest BCUT2D eigenvalue weighted by Crippen LogP contribution is 2.69. The van der Waals surface area contributed by atoms with Crippen LogP contribution in [0, 0.1) is 29.1 Å². The average Bonchev–Trinajstić information content (AvgIpc) is 3.99. The molecule has 0 aromatic heterocycles. The van der Waals surface area contributed by atoms with Crippen LogP contribution < -0.4 is 10.6 Å². The van der Waals surface area contributed by atoms with Crippen molar-refractivity contribution in [3.8, 4) is 0 Å². The molecule has 0 aliphatic heterocycles. The fourth-order valence-electron chi connectivity index (χ4n) is 11.2. The Morgan fingerprint density at radius 2 is 1.54 bits per heavy atom. The highest BCUT2D eigenvalue weighted by molar-refractivity contribution is 5.94. The molecule has 2 bridgehead atoms. The van der Waals surface area contributed by atoms with Crippen LogP contribution in [0.5, 0.6) is 0 Å². The van der Waals surface area contributed by atoms with E-state index in [4.69, 9.17) is 28.8 Å². The zero-order chi connectivity index (χ0) is 51.5. The van der Waals surface area contributed by atoms with Crippen molar-refractivity contribution in [3.05, 3.63) is 82.9 Å². The predicted molar refractivity (Wildman–Crippen MR) is 249 cm³/mol. The lowest BCUT2D eigenvalue weighted by Gasteiger charge is -2.59. The summed E-state index contributed by atoms with van der Waals surface area (Å²) in [7, 11) is 0. The second kappa shape index (κ2) is 21.3. The van der Waals surface area contributed by atoms with E-state index in [9.17, 15) is 39.3 Å². The second-order valence-electron chi connectivity index (χ2n) is 20.7. The number of carbonyl (C=O) groups is 7. The summed E-state index contributed by atoms with van der Waals surface area (Å²) in [6.07, 6.45) is -9.02. The lowest BCUT2D eigenvalue weighted by Crippen LogP contribution is -2.72. The standard InChI is InChI=1S/C52H68N2O16/c1-28(2)39-38-29(3)34(66-47(63)42(67-37(59)22-16-11-17-23-53-36(58)27-55)40(31-18-12-9-13-19-31)54-48(64)70-49(5,6)7)26-51(39,65)45(68-46(62)32-20-14-10-15-21-32)43-50(8,44(61)41(38)60)35(57)24-33-25-52(33,43)69-30(4)56/h9-10,12-15,18-21,28,33-35,39-43,45,55,57,60,65H,11,16-17,22-27H2,1-8H3,(H,53,58)(H,54,64)/t33?,34-,35-,39?,40-,41+,42+,43-,45-,50+,51-,52-/m0/s1. The molecule has 6 N–H and O–H groups in total. The van der Waals surface area contributed by atoms with Crippen LogP contribution in [0.4, 0.5) is 4.79 Å². The minimum Gasteiger partial charge on any atom is -0.458 e. The Balaban J connectivity index is 1.46. The Hall–Kier alpha value is -5.69. The first-order valence-electron chi connectivity index (χ1n) is 24.0. The third kappa shape index (κ3) is 11.1. The number of esters is 4. The van der Waals surface area contributed by atoms with Crippen molar-refractivity contribution in [1.82, 2.24) is 10.6 Å². The number of amides is 2. The number of Topliss-reactive ketones (excluding diaryl/α,β-unsaturated/α-hetero) is 1. The van der Waals surface area contributed by atoms with Crippen molar-refractivity contribution in [2.45, 2.75) is 154 Å². The predicted octanol–water partition coefficient (Wildman–Crippen LogP) is 4.35. The summed E-state index contributed by atoms with van der Waals surface area (Å²) < 4.78 is 30.3. The number of hydrogen-bond acceptors (Lipinski definition) is 16. The molecule has 12 atom stereocenters. The molecule has 18 nitrogen and oxygen atoms in total. The minimum absolute atomic E-state index is 0.00522. The van der Waals surface area contributed by atoms with E-state index in [1.54, 1.807) is 83.1 Å². The maximum Gasteiger partial charge on any atom is 0.408 e. The number of carbonyl (C=O) groups excluding carboxylic acids is 7. The van der Waals surface area contributed by atoms with Crippen LogP contribution in [0.25, 0.3) is 0 Å². The Bertz CT molecular complexity index is 2310. The van der Waals surface area contributed by atoms with E-state index < -0.39 is 137 Å². The normalized spacial score (nSPS) is 30.0. The number of rotatable bonds is 17. The fourth-order valence-corrected chi connectivity index (χ4v) is 11.2. The minimum atomic E-state index is -2.33. The van der Waals surface area contributed by atoms with E-state index in [1.807, 2.05) is 0 Å². The maximum atomic E-state index is 15.2. The molecule has 4 aliphatic carbocycles. The van der Waals surface area contributed by atoms with Gasteiger partial charge in [-0.2, -0.15) is 0 Å². The molecule has 0 heterocycles. The van der Waals surface area contributed by atoms with Gasteiger partial charge in [0.1, 0.15) is 47.8 Å². The summed E-state index contributed by atoms with van der Waals surface area (Å²) in [6.45, 7) is 12.1. The number of hydrogen-bond donors (Lipinski definition) is 6. The summed E-state index contributed by atoms with van der Waals surface area (Å²) in [5.41, 5.74) is -6.31. The summed E-state index contributed by atoms with van der Waals surface area (Å²) >= 11 is 0. The lowest BCUT2D eigenvalue weighted by atomic mass is 9.50. The van der Waals surface area contributed by atoms with Gasteiger partial charge in [-0.15, -0.1) is 0 Å². The number of fused-ring (bicyclic) bond motifs is 5. The molecule has 2 unspecified atom stereocenters. The average molecular weight is 977 g/mol. The van der Waals surface area contributed by atoms with Crippen LogP contribution in [0.3, 0.4) is 0 Å². The van der Waals surface area contributed by atoms with Crippen LogP contribution in [-0.2, 0) is 47.7 Å². The Labute approximate surface area is 407 Å². The van der Waals surface area contributed by atoms with Gasteiger partial charge in [0.05, 0.1) is 23.0 Å². The number of aliphatic hydroxyl groups is 4. The van der Waals surface area contributed by atoms with E-state index in [-0.39, 0.29) is 48.9 Å². The molecule has 0 radical (unpaired) electrons. The van der Waals surface area contributed by atoms with Crippen LogP contribution in [0.1, 0.15) is 122 Å². The first-order chi connectivity index (χ1) is 32.9. The fraction of sp³-hybridized carbons (Fsp3) is 0.596. The third-order valence-electron chi connectivity index (χ3n) is 14.3. The van der Waals surface area contributed by atoms with Crippen LogP contribution >= 0.6 is 0 Å². The van der Waals surface area contributed by atoms with Crippen molar-refractivity contribution in [3.63, 3.8) is 0 Å². The Morgan fingerprint density at radius 3 is 2.14 bits per heavy atom. The molecule has 0 saturated heterocycles.